The molecule has 20 heavy (non-hydrogen) atoms. The molecule has 0 amide bonds. The third-order valence-electron chi connectivity index (χ3n) is 3.29. The average molecular weight is 333 g/mol. The van der Waals surface area contributed by atoms with Crippen LogP contribution in [0.25, 0.3) is 0 Å². The maximum atomic E-state index is 12.3. The van der Waals surface area contributed by atoms with Crippen LogP contribution in [-0.2, 0) is 0 Å². The second kappa shape index (κ2) is 6.23. The molecule has 2 nitrogen and oxygen atoms in total. The van der Waals surface area contributed by atoms with Gasteiger partial charge in [0.1, 0.15) is 5.75 Å². The van der Waals surface area contributed by atoms with Crippen molar-refractivity contribution in [2.75, 3.05) is 0 Å². The first-order chi connectivity index (χ1) is 9.47. The van der Waals surface area contributed by atoms with E-state index in [9.17, 15) is 4.79 Å². The molecule has 2 rings (SSSR count). The van der Waals surface area contributed by atoms with Crippen molar-refractivity contribution < 1.29 is 9.53 Å². The van der Waals surface area contributed by atoms with Crippen LogP contribution in [0.1, 0.15) is 28.4 Å². The number of carbonyl (C=O) groups excluding carboxylic acids is 1. The van der Waals surface area contributed by atoms with Gasteiger partial charge in [-0.25, -0.2) is 0 Å². The Balaban J connectivity index is 2.11. The Labute approximate surface area is 127 Å². The number of hydrogen-bond acceptors (Lipinski definition) is 2. The molecule has 1 atom stereocenters. The second-order valence-corrected chi connectivity index (χ2v) is 5.79. The van der Waals surface area contributed by atoms with Gasteiger partial charge in [-0.15, -0.1) is 0 Å². The van der Waals surface area contributed by atoms with Gasteiger partial charge in [-0.05, 0) is 62.2 Å². The Morgan fingerprint density at radius 1 is 1.05 bits per heavy atom. The van der Waals surface area contributed by atoms with Gasteiger partial charge in [0.05, 0.1) is 0 Å². The highest BCUT2D eigenvalue weighted by Gasteiger charge is 2.17. The van der Waals surface area contributed by atoms with Crippen molar-refractivity contribution in [2.24, 2.45) is 0 Å². The number of carbonyl (C=O) groups is 1. The van der Waals surface area contributed by atoms with E-state index >= 15 is 0 Å². The topological polar surface area (TPSA) is 26.3 Å². The smallest absolute Gasteiger partial charge is 0.203 e. The van der Waals surface area contributed by atoms with Crippen molar-refractivity contribution in [2.45, 2.75) is 26.9 Å². The standard InChI is InChI=1S/C17H17BrO2/c1-11-4-5-14(10-12(11)2)17(19)13(3)20-16-8-6-15(18)7-9-16/h4-10,13H,1-3H3. The normalized spacial score (nSPS) is 12.0. The molecule has 0 fully saturated rings. The van der Waals surface area contributed by atoms with E-state index in [0.717, 1.165) is 10.0 Å². The van der Waals surface area contributed by atoms with Gasteiger partial charge in [-0.1, -0.05) is 28.1 Å². The molecule has 3 heteroatoms. The number of hydrogen-bond donors (Lipinski definition) is 0. The molecule has 0 heterocycles. The largest absolute Gasteiger partial charge is 0.483 e. The Kier molecular flexibility index (Phi) is 4.61. The number of halogens is 1. The number of aryl methyl sites for hydroxylation is 2. The number of benzene rings is 2. The SMILES string of the molecule is Cc1ccc(C(=O)C(C)Oc2ccc(Br)cc2)cc1C. The highest BCUT2D eigenvalue weighted by molar-refractivity contribution is 9.10. The van der Waals surface area contributed by atoms with Crippen molar-refractivity contribution in [1.82, 2.24) is 0 Å². The summed E-state index contributed by atoms with van der Waals surface area (Å²) >= 11 is 3.37. The third-order valence-corrected chi connectivity index (χ3v) is 3.82. The summed E-state index contributed by atoms with van der Waals surface area (Å²) in [4.78, 5) is 12.3. The molecule has 2 aromatic rings. The Bertz CT molecular complexity index is 617. The lowest BCUT2D eigenvalue weighted by Crippen LogP contribution is -2.24. The highest BCUT2D eigenvalue weighted by atomic mass is 79.9. The van der Waals surface area contributed by atoms with Gasteiger partial charge in [0, 0.05) is 10.0 Å². The van der Waals surface area contributed by atoms with Crippen LogP contribution >= 0.6 is 15.9 Å². The molecule has 0 spiro atoms. The van der Waals surface area contributed by atoms with E-state index in [1.165, 1.54) is 5.56 Å². The zero-order valence-electron chi connectivity index (χ0n) is 11.8. The molecule has 0 aliphatic carbocycles. The third kappa shape index (κ3) is 3.48. The number of ether oxygens (including phenoxy) is 1. The number of ketones is 1. The van der Waals surface area contributed by atoms with Crippen LogP contribution in [0.3, 0.4) is 0 Å². The van der Waals surface area contributed by atoms with Crippen molar-refractivity contribution in [1.29, 1.82) is 0 Å². The molecule has 0 N–H and O–H groups in total. The van der Waals surface area contributed by atoms with Gasteiger partial charge < -0.3 is 4.74 Å². The molecule has 1 unspecified atom stereocenters. The van der Waals surface area contributed by atoms with Crippen LogP contribution in [0.15, 0.2) is 46.9 Å². The van der Waals surface area contributed by atoms with E-state index in [-0.39, 0.29) is 5.78 Å². The van der Waals surface area contributed by atoms with Crippen molar-refractivity contribution in [3.8, 4) is 5.75 Å². The summed E-state index contributed by atoms with van der Waals surface area (Å²) in [5.74, 6) is 0.689. The molecule has 0 bridgehead atoms. The fourth-order valence-electron chi connectivity index (χ4n) is 1.90. The van der Waals surface area contributed by atoms with Crippen molar-refractivity contribution in [3.05, 3.63) is 63.6 Å². The molecule has 0 aromatic heterocycles. The zero-order chi connectivity index (χ0) is 14.7. The second-order valence-electron chi connectivity index (χ2n) is 4.88. The molecular formula is C17H17BrO2. The van der Waals surface area contributed by atoms with Crippen molar-refractivity contribution >= 4 is 21.7 Å². The summed E-state index contributed by atoms with van der Waals surface area (Å²) in [6.45, 7) is 5.82. The summed E-state index contributed by atoms with van der Waals surface area (Å²) in [6.07, 6.45) is -0.502. The minimum Gasteiger partial charge on any atom is -0.483 e. The number of rotatable bonds is 4. The first kappa shape index (κ1) is 14.8. The van der Waals surface area contributed by atoms with Crippen LogP contribution in [-0.4, -0.2) is 11.9 Å². The lowest BCUT2D eigenvalue weighted by molar-refractivity contribution is 0.0818. The maximum absolute atomic E-state index is 12.3. The van der Waals surface area contributed by atoms with Crippen LogP contribution < -0.4 is 4.74 Å². The van der Waals surface area contributed by atoms with E-state index in [1.807, 2.05) is 56.3 Å². The minimum atomic E-state index is -0.502. The fraction of sp³-hybridized carbons (Fsp3) is 0.235. The van der Waals surface area contributed by atoms with Crippen LogP contribution in [0, 0.1) is 13.8 Å². The Morgan fingerprint density at radius 2 is 1.70 bits per heavy atom. The summed E-state index contributed by atoms with van der Waals surface area (Å²) in [5, 5.41) is 0. The molecular weight excluding hydrogens is 316 g/mol. The minimum absolute atomic E-state index is 0.00369. The molecule has 0 aliphatic rings. The van der Waals surface area contributed by atoms with E-state index in [0.29, 0.717) is 11.3 Å². The van der Waals surface area contributed by atoms with Gasteiger partial charge in [0.25, 0.3) is 0 Å². The lowest BCUT2D eigenvalue weighted by atomic mass is 10.0. The zero-order valence-corrected chi connectivity index (χ0v) is 13.4. The molecule has 0 radical (unpaired) electrons. The molecule has 0 saturated carbocycles. The molecule has 0 aliphatic heterocycles. The van der Waals surface area contributed by atoms with Crippen LogP contribution in [0.4, 0.5) is 0 Å². The first-order valence-electron chi connectivity index (χ1n) is 6.51. The van der Waals surface area contributed by atoms with E-state index in [1.54, 1.807) is 6.92 Å². The van der Waals surface area contributed by atoms with Crippen LogP contribution in [0.2, 0.25) is 0 Å². The van der Waals surface area contributed by atoms with Gasteiger partial charge in [0.15, 0.2) is 6.10 Å². The molecule has 2 aromatic carbocycles. The maximum Gasteiger partial charge on any atom is 0.203 e. The summed E-state index contributed by atoms with van der Waals surface area (Å²) in [5.41, 5.74) is 2.99. The average Bonchev–Trinajstić information content (AvgIpc) is 2.43. The van der Waals surface area contributed by atoms with E-state index in [4.69, 9.17) is 4.74 Å². The Morgan fingerprint density at radius 3 is 2.30 bits per heavy atom. The van der Waals surface area contributed by atoms with E-state index in [2.05, 4.69) is 15.9 Å². The highest BCUT2D eigenvalue weighted by Crippen LogP contribution is 2.19. The molecule has 0 saturated heterocycles. The van der Waals surface area contributed by atoms with Gasteiger partial charge in [0.2, 0.25) is 5.78 Å². The van der Waals surface area contributed by atoms with Crippen LogP contribution in [0.5, 0.6) is 5.75 Å². The fourth-order valence-corrected chi connectivity index (χ4v) is 2.16. The predicted octanol–water partition coefficient (Wildman–Crippen LogP) is 4.72. The van der Waals surface area contributed by atoms with Crippen molar-refractivity contribution in [3.63, 3.8) is 0 Å². The summed E-state index contributed by atoms with van der Waals surface area (Å²) < 4.78 is 6.67. The monoisotopic (exact) mass is 332 g/mol. The summed E-state index contributed by atoms with van der Waals surface area (Å²) in [6, 6.07) is 13.2. The van der Waals surface area contributed by atoms with Gasteiger partial charge in [-0.2, -0.15) is 0 Å². The Hall–Kier alpha value is -1.61. The first-order valence-corrected chi connectivity index (χ1v) is 7.30. The van der Waals surface area contributed by atoms with E-state index < -0.39 is 6.10 Å². The lowest BCUT2D eigenvalue weighted by Gasteiger charge is -2.14. The predicted molar refractivity (Wildman–Crippen MR) is 84.5 cm³/mol. The molecule has 104 valence electrons. The van der Waals surface area contributed by atoms with Gasteiger partial charge in [-0.3, -0.25) is 4.79 Å². The van der Waals surface area contributed by atoms with Gasteiger partial charge >= 0.3 is 0 Å². The number of Topliss-reactive ketones (excluding diaryl/α,β-unsaturated/α-hetero) is 1. The quantitative estimate of drug-likeness (QED) is 0.757. The summed E-state index contributed by atoms with van der Waals surface area (Å²) in [7, 11) is 0.